The van der Waals surface area contributed by atoms with Gasteiger partial charge >= 0.3 is 6.03 Å². The van der Waals surface area contributed by atoms with Crippen molar-refractivity contribution in [1.29, 1.82) is 0 Å². The molecule has 2 aliphatic rings. The number of rotatable bonds is 6. The fourth-order valence-corrected chi connectivity index (χ4v) is 4.02. The number of urea groups is 1. The van der Waals surface area contributed by atoms with Crippen LogP contribution in [0.15, 0.2) is 24.3 Å². The second-order valence-corrected chi connectivity index (χ2v) is 7.44. The summed E-state index contributed by atoms with van der Waals surface area (Å²) in [6, 6.07) is 9.12. The molecule has 0 atom stereocenters. The van der Waals surface area contributed by atoms with Gasteiger partial charge in [0.05, 0.1) is 13.2 Å². The van der Waals surface area contributed by atoms with Gasteiger partial charge in [-0.2, -0.15) is 0 Å². The lowest BCUT2D eigenvalue weighted by atomic mass is 9.94. The summed E-state index contributed by atoms with van der Waals surface area (Å²) in [4.78, 5) is 17.0. The Bertz CT molecular complexity index is 549. The molecule has 1 aliphatic heterocycles. The van der Waals surface area contributed by atoms with Crippen molar-refractivity contribution in [2.24, 2.45) is 0 Å². The predicted molar refractivity (Wildman–Crippen MR) is 104 cm³/mol. The summed E-state index contributed by atoms with van der Waals surface area (Å²) in [5, 5.41) is 3.11. The number of ether oxygens (including phenoxy) is 1. The van der Waals surface area contributed by atoms with E-state index in [2.05, 4.69) is 41.4 Å². The fraction of sp³-hybridized carbons (Fsp3) is 0.667. The van der Waals surface area contributed by atoms with Gasteiger partial charge in [0.2, 0.25) is 0 Å². The third-order valence-corrected chi connectivity index (χ3v) is 5.59. The number of nitrogens with one attached hydrogen (secondary N) is 1. The maximum atomic E-state index is 12.6. The van der Waals surface area contributed by atoms with Crippen LogP contribution in [0, 0.1) is 0 Å². The maximum absolute atomic E-state index is 12.6. The van der Waals surface area contributed by atoms with Crippen molar-refractivity contribution in [1.82, 2.24) is 15.1 Å². The van der Waals surface area contributed by atoms with Gasteiger partial charge in [-0.15, -0.1) is 0 Å². The molecule has 1 N–H and O–H groups in total. The molecule has 2 fully saturated rings. The largest absolute Gasteiger partial charge is 0.379 e. The van der Waals surface area contributed by atoms with Crippen molar-refractivity contribution < 1.29 is 9.53 Å². The highest BCUT2D eigenvalue weighted by Gasteiger charge is 2.23. The average molecular weight is 360 g/mol. The standard InChI is InChI=1S/C21H33N3O2/c1-2-24(20-6-4-3-5-7-20)21(25)22-16-18-8-10-19(11-9-18)17-23-12-14-26-15-13-23/h8-11,20H,2-7,12-17H2,1H3,(H,22,25). The number of morpholine rings is 1. The number of nitrogens with zero attached hydrogens (tertiary/aromatic N) is 2. The first-order chi connectivity index (χ1) is 12.8. The lowest BCUT2D eigenvalue weighted by Gasteiger charge is -2.33. The Balaban J connectivity index is 1.46. The van der Waals surface area contributed by atoms with E-state index in [1.54, 1.807) is 0 Å². The molecule has 26 heavy (non-hydrogen) atoms. The zero-order valence-electron chi connectivity index (χ0n) is 16.1. The van der Waals surface area contributed by atoms with Crippen molar-refractivity contribution in [3.05, 3.63) is 35.4 Å². The quantitative estimate of drug-likeness (QED) is 0.847. The molecule has 3 rings (SSSR count). The third kappa shape index (κ3) is 5.45. The van der Waals surface area contributed by atoms with E-state index in [-0.39, 0.29) is 6.03 Å². The van der Waals surface area contributed by atoms with Gasteiger partial charge < -0.3 is 15.0 Å². The molecule has 5 nitrogen and oxygen atoms in total. The van der Waals surface area contributed by atoms with Crippen molar-refractivity contribution >= 4 is 6.03 Å². The molecule has 0 radical (unpaired) electrons. The summed E-state index contributed by atoms with van der Waals surface area (Å²) < 4.78 is 5.40. The second-order valence-electron chi connectivity index (χ2n) is 7.44. The molecule has 0 bridgehead atoms. The van der Waals surface area contributed by atoms with Crippen molar-refractivity contribution in [3.8, 4) is 0 Å². The first kappa shape index (κ1) is 19.2. The minimum absolute atomic E-state index is 0.0804. The van der Waals surface area contributed by atoms with Crippen LogP contribution in [0.25, 0.3) is 0 Å². The first-order valence-electron chi connectivity index (χ1n) is 10.2. The first-order valence-corrected chi connectivity index (χ1v) is 10.2. The molecule has 5 heteroatoms. The summed E-state index contributed by atoms with van der Waals surface area (Å²) in [6.07, 6.45) is 6.11. The highest BCUT2D eigenvalue weighted by atomic mass is 16.5. The monoisotopic (exact) mass is 359 g/mol. The predicted octanol–water partition coefficient (Wildman–Crippen LogP) is 3.38. The molecule has 1 aromatic rings. The molecule has 0 spiro atoms. The fourth-order valence-electron chi connectivity index (χ4n) is 4.02. The van der Waals surface area contributed by atoms with Gasteiger partial charge in [0, 0.05) is 38.8 Å². The number of benzene rings is 1. The Labute approximate surface area is 157 Å². The Hall–Kier alpha value is -1.59. The number of hydrogen-bond acceptors (Lipinski definition) is 3. The van der Waals surface area contributed by atoms with Crippen LogP contribution in [-0.2, 0) is 17.8 Å². The van der Waals surface area contributed by atoms with Crippen LogP contribution in [0.5, 0.6) is 0 Å². The van der Waals surface area contributed by atoms with Crippen LogP contribution in [0.2, 0.25) is 0 Å². The highest BCUT2D eigenvalue weighted by Crippen LogP contribution is 2.22. The van der Waals surface area contributed by atoms with Crippen LogP contribution in [-0.4, -0.2) is 54.7 Å². The number of amides is 2. The smallest absolute Gasteiger partial charge is 0.317 e. The number of carbonyl (C=O) groups is 1. The number of carbonyl (C=O) groups excluding carboxylic acids is 1. The maximum Gasteiger partial charge on any atom is 0.317 e. The number of hydrogen-bond donors (Lipinski definition) is 1. The lowest BCUT2D eigenvalue weighted by Crippen LogP contribution is -2.46. The van der Waals surface area contributed by atoms with Crippen molar-refractivity contribution in [3.63, 3.8) is 0 Å². The van der Waals surface area contributed by atoms with E-state index in [9.17, 15) is 4.79 Å². The Morgan fingerprint density at radius 1 is 1.12 bits per heavy atom. The van der Waals surface area contributed by atoms with E-state index in [0.717, 1.165) is 57.8 Å². The molecular weight excluding hydrogens is 326 g/mol. The summed E-state index contributed by atoms with van der Waals surface area (Å²) in [7, 11) is 0. The normalized spacial score (nSPS) is 19.3. The van der Waals surface area contributed by atoms with Crippen LogP contribution in [0.3, 0.4) is 0 Å². The molecule has 1 aromatic carbocycles. The summed E-state index contributed by atoms with van der Waals surface area (Å²) in [5.41, 5.74) is 2.48. The Morgan fingerprint density at radius 3 is 2.42 bits per heavy atom. The van der Waals surface area contributed by atoms with Crippen molar-refractivity contribution in [2.75, 3.05) is 32.8 Å². The molecular formula is C21H33N3O2. The molecule has 1 saturated carbocycles. The van der Waals surface area contributed by atoms with Gasteiger partial charge in [0.15, 0.2) is 0 Å². The van der Waals surface area contributed by atoms with E-state index in [0.29, 0.717) is 12.6 Å². The van der Waals surface area contributed by atoms with Crippen LogP contribution in [0.4, 0.5) is 4.79 Å². The summed E-state index contributed by atoms with van der Waals surface area (Å²) >= 11 is 0. The SMILES string of the molecule is CCN(C(=O)NCc1ccc(CN2CCOCC2)cc1)C1CCCCC1. The zero-order valence-corrected chi connectivity index (χ0v) is 16.1. The van der Waals surface area contributed by atoms with Crippen LogP contribution < -0.4 is 5.32 Å². The van der Waals surface area contributed by atoms with Crippen LogP contribution in [0.1, 0.15) is 50.2 Å². The van der Waals surface area contributed by atoms with Gasteiger partial charge in [-0.3, -0.25) is 4.90 Å². The molecule has 0 aromatic heterocycles. The second kappa shape index (κ2) is 9.93. The van der Waals surface area contributed by atoms with Gasteiger partial charge in [-0.25, -0.2) is 4.79 Å². The third-order valence-electron chi connectivity index (χ3n) is 5.59. The van der Waals surface area contributed by atoms with Gasteiger partial charge in [0.1, 0.15) is 0 Å². The van der Waals surface area contributed by atoms with E-state index in [4.69, 9.17) is 4.74 Å². The highest BCUT2D eigenvalue weighted by molar-refractivity contribution is 5.74. The zero-order chi connectivity index (χ0) is 18.2. The van der Waals surface area contributed by atoms with Gasteiger partial charge in [0.25, 0.3) is 0 Å². The van der Waals surface area contributed by atoms with Crippen molar-refractivity contribution in [2.45, 2.75) is 58.2 Å². The topological polar surface area (TPSA) is 44.8 Å². The Morgan fingerprint density at radius 2 is 1.77 bits per heavy atom. The molecule has 144 valence electrons. The molecule has 1 aliphatic carbocycles. The van der Waals surface area contributed by atoms with Gasteiger partial charge in [-0.1, -0.05) is 43.5 Å². The molecule has 0 unspecified atom stereocenters. The van der Waals surface area contributed by atoms with E-state index < -0.39 is 0 Å². The average Bonchev–Trinajstić information content (AvgIpc) is 2.70. The lowest BCUT2D eigenvalue weighted by molar-refractivity contribution is 0.0342. The Kier molecular flexibility index (Phi) is 7.32. The molecule has 2 amide bonds. The van der Waals surface area contributed by atoms with E-state index >= 15 is 0 Å². The molecule has 1 heterocycles. The van der Waals surface area contributed by atoms with E-state index in [1.807, 2.05) is 4.90 Å². The molecule has 1 saturated heterocycles. The minimum atomic E-state index is 0.0804. The van der Waals surface area contributed by atoms with Gasteiger partial charge in [-0.05, 0) is 30.9 Å². The summed E-state index contributed by atoms with van der Waals surface area (Å²) in [5.74, 6) is 0. The van der Waals surface area contributed by atoms with Crippen LogP contribution >= 0.6 is 0 Å². The summed E-state index contributed by atoms with van der Waals surface area (Å²) in [6.45, 7) is 8.11. The minimum Gasteiger partial charge on any atom is -0.379 e. The van der Waals surface area contributed by atoms with E-state index in [1.165, 1.54) is 24.8 Å².